The number of rotatable bonds is 4. The van der Waals surface area contributed by atoms with E-state index in [1.54, 1.807) is 24.0 Å². The van der Waals surface area contributed by atoms with Crippen LogP contribution in [-0.2, 0) is 4.79 Å². The second-order valence-electron chi connectivity index (χ2n) is 9.20. The van der Waals surface area contributed by atoms with Crippen molar-refractivity contribution in [2.75, 3.05) is 18.4 Å². The fourth-order valence-electron chi connectivity index (χ4n) is 4.94. The smallest absolute Gasteiger partial charge is 0.253 e. The average molecular weight is 450 g/mol. The minimum absolute atomic E-state index is 0.0493. The molecule has 33 heavy (non-hydrogen) atoms. The number of benzene rings is 2. The molecule has 2 amide bonds. The van der Waals surface area contributed by atoms with Crippen LogP contribution in [0.15, 0.2) is 36.4 Å². The van der Waals surface area contributed by atoms with E-state index in [9.17, 15) is 14.0 Å². The summed E-state index contributed by atoms with van der Waals surface area (Å²) in [7, 11) is 0. The van der Waals surface area contributed by atoms with E-state index < -0.39 is 0 Å². The van der Waals surface area contributed by atoms with Crippen molar-refractivity contribution < 1.29 is 14.0 Å². The van der Waals surface area contributed by atoms with Crippen LogP contribution in [0.3, 0.4) is 0 Å². The maximum Gasteiger partial charge on any atom is 0.253 e. The van der Waals surface area contributed by atoms with Gasteiger partial charge in [0.15, 0.2) is 0 Å². The second-order valence-corrected chi connectivity index (χ2v) is 9.20. The van der Waals surface area contributed by atoms with Gasteiger partial charge in [0.2, 0.25) is 5.91 Å². The van der Waals surface area contributed by atoms with Crippen molar-refractivity contribution in [2.45, 2.75) is 51.5 Å². The summed E-state index contributed by atoms with van der Waals surface area (Å²) in [5.41, 5.74) is 3.31. The number of amides is 2. The molecule has 7 nitrogen and oxygen atoms in total. The van der Waals surface area contributed by atoms with Crippen molar-refractivity contribution in [1.29, 1.82) is 0 Å². The summed E-state index contributed by atoms with van der Waals surface area (Å²) in [6.07, 6.45) is 5.84. The van der Waals surface area contributed by atoms with Gasteiger partial charge in [-0.2, -0.15) is 0 Å². The van der Waals surface area contributed by atoms with E-state index in [2.05, 4.69) is 15.6 Å². The summed E-state index contributed by atoms with van der Waals surface area (Å²) in [4.78, 5) is 27.5. The Kier molecular flexibility index (Phi) is 5.83. The fourth-order valence-corrected chi connectivity index (χ4v) is 4.94. The topological polar surface area (TPSA) is 80.1 Å². The highest BCUT2D eigenvalue weighted by Gasteiger charge is 2.28. The van der Waals surface area contributed by atoms with Gasteiger partial charge in [0, 0.05) is 30.3 Å². The maximum atomic E-state index is 13.7. The van der Waals surface area contributed by atoms with Crippen molar-refractivity contribution >= 4 is 28.5 Å². The Hall–Kier alpha value is -3.29. The van der Waals surface area contributed by atoms with Crippen LogP contribution in [0.25, 0.3) is 11.0 Å². The molecule has 0 bridgehead atoms. The Labute approximate surface area is 191 Å². The van der Waals surface area contributed by atoms with E-state index in [-0.39, 0.29) is 23.5 Å². The zero-order chi connectivity index (χ0) is 22.9. The van der Waals surface area contributed by atoms with Crippen LogP contribution in [0.4, 0.5) is 10.1 Å². The number of nitrogens with one attached hydrogen (secondary N) is 1. The quantitative estimate of drug-likeness (QED) is 0.637. The third-order valence-corrected chi connectivity index (χ3v) is 6.98. The first-order chi connectivity index (χ1) is 16.0. The molecule has 2 fully saturated rings. The third kappa shape index (κ3) is 4.34. The lowest BCUT2D eigenvalue weighted by Crippen LogP contribution is -2.41. The van der Waals surface area contributed by atoms with Crippen LogP contribution >= 0.6 is 0 Å². The summed E-state index contributed by atoms with van der Waals surface area (Å²) in [5, 5.41) is 11.4. The number of piperidine rings is 1. The molecule has 172 valence electrons. The van der Waals surface area contributed by atoms with Gasteiger partial charge in [-0.1, -0.05) is 24.1 Å². The fraction of sp³-hybridized carbons (Fsp3) is 0.440. The van der Waals surface area contributed by atoms with Crippen LogP contribution in [0.5, 0.6) is 0 Å². The maximum absolute atomic E-state index is 13.7. The number of hydrogen-bond donors (Lipinski definition) is 1. The van der Waals surface area contributed by atoms with Crippen molar-refractivity contribution in [1.82, 2.24) is 19.9 Å². The highest BCUT2D eigenvalue weighted by atomic mass is 19.1. The van der Waals surface area contributed by atoms with Crippen LogP contribution in [0.2, 0.25) is 0 Å². The molecular weight excluding hydrogens is 421 g/mol. The van der Waals surface area contributed by atoms with Crippen LogP contribution in [0.1, 0.15) is 60.5 Å². The number of carbonyl (C=O) groups is 2. The lowest BCUT2D eigenvalue weighted by atomic mass is 9.95. The number of carbonyl (C=O) groups excluding carboxylic acids is 2. The van der Waals surface area contributed by atoms with Gasteiger partial charge in [-0.15, -0.1) is 5.10 Å². The monoisotopic (exact) mass is 449 g/mol. The van der Waals surface area contributed by atoms with Gasteiger partial charge >= 0.3 is 0 Å². The number of halogens is 1. The summed E-state index contributed by atoms with van der Waals surface area (Å²) in [5.74, 6) is -0.720. The normalized spacial score (nSPS) is 17.6. The number of aromatic nitrogens is 3. The van der Waals surface area contributed by atoms with Crippen LogP contribution < -0.4 is 5.32 Å². The van der Waals surface area contributed by atoms with Crippen molar-refractivity contribution in [3.05, 3.63) is 53.3 Å². The van der Waals surface area contributed by atoms with E-state index in [1.165, 1.54) is 18.9 Å². The molecule has 1 aliphatic heterocycles. The molecule has 1 N–H and O–H groups in total. The Morgan fingerprint density at radius 2 is 1.79 bits per heavy atom. The van der Waals surface area contributed by atoms with Crippen LogP contribution in [-0.4, -0.2) is 44.8 Å². The number of aryl methyl sites for hydroxylation is 1. The molecule has 1 saturated heterocycles. The predicted octanol–water partition coefficient (Wildman–Crippen LogP) is 4.48. The minimum Gasteiger partial charge on any atom is -0.339 e. The van der Waals surface area contributed by atoms with E-state index in [1.807, 2.05) is 22.9 Å². The van der Waals surface area contributed by atoms with Crippen molar-refractivity contribution in [2.24, 2.45) is 5.92 Å². The van der Waals surface area contributed by atoms with Crippen LogP contribution in [0, 0.1) is 18.7 Å². The molecule has 0 spiro atoms. The lowest BCUT2D eigenvalue weighted by molar-refractivity contribution is -0.121. The van der Waals surface area contributed by atoms with Gasteiger partial charge in [0.1, 0.15) is 11.3 Å². The molecule has 1 saturated carbocycles. The van der Waals surface area contributed by atoms with E-state index in [0.717, 1.165) is 23.9 Å². The summed E-state index contributed by atoms with van der Waals surface area (Å²) < 4.78 is 15.7. The number of nitrogens with zero attached hydrogens (tertiary/aromatic N) is 4. The summed E-state index contributed by atoms with van der Waals surface area (Å²) >= 11 is 0. The Balaban J connectivity index is 1.20. The number of hydrogen-bond acceptors (Lipinski definition) is 4. The Morgan fingerprint density at radius 1 is 1.03 bits per heavy atom. The molecule has 2 aromatic carbocycles. The van der Waals surface area contributed by atoms with Gasteiger partial charge < -0.3 is 10.2 Å². The summed E-state index contributed by atoms with van der Waals surface area (Å²) in [6, 6.07) is 10.7. The zero-order valence-electron chi connectivity index (χ0n) is 18.8. The molecule has 0 radical (unpaired) electrons. The van der Waals surface area contributed by atoms with Gasteiger partial charge in [-0.3, -0.25) is 9.59 Å². The van der Waals surface area contributed by atoms with E-state index in [4.69, 9.17) is 0 Å². The number of likely N-dealkylation sites (tertiary alicyclic amines) is 1. The zero-order valence-corrected chi connectivity index (χ0v) is 18.8. The van der Waals surface area contributed by atoms with Gasteiger partial charge in [-0.25, -0.2) is 9.07 Å². The van der Waals surface area contributed by atoms with E-state index in [0.29, 0.717) is 48.8 Å². The molecular formula is C25H28FN5O2. The number of fused-ring (bicyclic) bond motifs is 1. The number of anilines is 1. The average Bonchev–Trinajstić information content (AvgIpc) is 3.50. The van der Waals surface area contributed by atoms with E-state index >= 15 is 0 Å². The highest BCUT2D eigenvalue weighted by Crippen LogP contribution is 2.31. The van der Waals surface area contributed by atoms with Gasteiger partial charge in [-0.05, 0) is 68.5 Å². The highest BCUT2D eigenvalue weighted by molar-refractivity contribution is 5.98. The molecule has 2 aliphatic rings. The lowest BCUT2D eigenvalue weighted by Gasteiger charge is -2.31. The largest absolute Gasteiger partial charge is 0.339 e. The molecule has 1 aromatic heterocycles. The second kappa shape index (κ2) is 8.92. The standard InChI is InChI=1S/C25H28FN5O2/c1-16-6-8-19(15-21(16)26)27-24(32)17-10-12-30(13-11-17)25(33)18-7-9-23-22(14-18)28-29-31(23)20-4-2-3-5-20/h6-9,14-15,17,20H,2-5,10-13H2,1H3,(H,27,32). The SMILES string of the molecule is Cc1ccc(NC(=O)C2CCN(C(=O)c3ccc4c(c3)nnn4C3CCCC3)CC2)cc1F. The minimum atomic E-state index is -0.339. The molecule has 1 aliphatic carbocycles. The molecule has 0 atom stereocenters. The third-order valence-electron chi connectivity index (χ3n) is 6.98. The first-order valence-electron chi connectivity index (χ1n) is 11.7. The molecule has 8 heteroatoms. The Bertz CT molecular complexity index is 1190. The molecule has 5 rings (SSSR count). The first kappa shape index (κ1) is 21.6. The van der Waals surface area contributed by atoms with Gasteiger partial charge in [0.05, 0.1) is 11.6 Å². The van der Waals surface area contributed by atoms with Crippen molar-refractivity contribution in [3.63, 3.8) is 0 Å². The predicted molar refractivity (Wildman–Crippen MR) is 123 cm³/mol. The molecule has 0 unspecified atom stereocenters. The van der Waals surface area contributed by atoms with Gasteiger partial charge in [0.25, 0.3) is 5.91 Å². The molecule has 2 heterocycles. The Morgan fingerprint density at radius 3 is 2.52 bits per heavy atom. The van der Waals surface area contributed by atoms with Crippen molar-refractivity contribution in [3.8, 4) is 0 Å². The molecule has 3 aromatic rings. The summed E-state index contributed by atoms with van der Waals surface area (Å²) in [6.45, 7) is 2.70. The first-order valence-corrected chi connectivity index (χ1v) is 11.7.